The van der Waals surface area contributed by atoms with Gasteiger partial charge in [0.1, 0.15) is 11.6 Å². The molecule has 0 spiro atoms. The maximum absolute atomic E-state index is 13.0. The number of rotatable bonds is 9. The molecule has 0 saturated carbocycles. The van der Waals surface area contributed by atoms with Crippen LogP contribution in [-0.2, 0) is 27.8 Å². The van der Waals surface area contributed by atoms with Gasteiger partial charge in [-0.2, -0.15) is 4.31 Å². The average Bonchev–Trinajstić information content (AvgIpc) is 2.62. The van der Waals surface area contributed by atoms with Crippen molar-refractivity contribution in [1.29, 1.82) is 0 Å². The van der Waals surface area contributed by atoms with Gasteiger partial charge in [-0.1, -0.05) is 30.3 Å². The highest BCUT2D eigenvalue weighted by Crippen LogP contribution is 2.17. The third-order valence-electron chi connectivity index (χ3n) is 3.97. The van der Waals surface area contributed by atoms with Crippen LogP contribution in [0, 0.1) is 5.82 Å². The van der Waals surface area contributed by atoms with Crippen LogP contribution in [0.1, 0.15) is 11.1 Å². The molecular formula is C19H23FN2O4S. The highest BCUT2D eigenvalue weighted by Gasteiger charge is 2.20. The number of hydrogen-bond acceptors (Lipinski definition) is 4. The predicted octanol–water partition coefficient (Wildman–Crippen LogP) is 1.95. The molecule has 2 aromatic rings. The lowest BCUT2D eigenvalue weighted by Gasteiger charge is -2.19. The van der Waals surface area contributed by atoms with E-state index < -0.39 is 21.7 Å². The van der Waals surface area contributed by atoms with Gasteiger partial charge in [-0.3, -0.25) is 4.79 Å². The van der Waals surface area contributed by atoms with Crippen LogP contribution in [0.25, 0.3) is 0 Å². The minimum Gasteiger partial charge on any atom is -0.496 e. The Morgan fingerprint density at radius 3 is 2.44 bits per heavy atom. The second-order valence-corrected chi connectivity index (χ2v) is 8.05. The summed E-state index contributed by atoms with van der Waals surface area (Å²) in [5.41, 5.74) is 1.55. The van der Waals surface area contributed by atoms with Crippen LogP contribution in [0.2, 0.25) is 0 Å². The maximum Gasteiger partial charge on any atom is 0.235 e. The van der Waals surface area contributed by atoms with Gasteiger partial charge in [0.25, 0.3) is 0 Å². The molecular weight excluding hydrogens is 371 g/mol. The number of carbonyl (C=O) groups excluding carboxylic acids is 1. The molecule has 146 valence electrons. The molecule has 8 heteroatoms. The van der Waals surface area contributed by atoms with Crippen molar-refractivity contribution in [2.75, 3.05) is 26.5 Å². The largest absolute Gasteiger partial charge is 0.496 e. The van der Waals surface area contributed by atoms with Crippen molar-refractivity contribution in [3.8, 4) is 5.75 Å². The first-order valence-corrected chi connectivity index (χ1v) is 10.2. The fraction of sp³-hybridized carbons (Fsp3) is 0.316. The van der Waals surface area contributed by atoms with E-state index >= 15 is 0 Å². The molecule has 2 aromatic carbocycles. The molecule has 0 radical (unpaired) electrons. The number of halogens is 1. The van der Waals surface area contributed by atoms with Gasteiger partial charge in [0, 0.05) is 13.1 Å². The first-order chi connectivity index (χ1) is 12.8. The van der Waals surface area contributed by atoms with Crippen molar-refractivity contribution < 1.29 is 22.3 Å². The summed E-state index contributed by atoms with van der Waals surface area (Å²) >= 11 is 0. The molecule has 0 aliphatic heterocycles. The summed E-state index contributed by atoms with van der Waals surface area (Å²) in [5.74, 6) is -0.0722. The van der Waals surface area contributed by atoms with E-state index in [1.807, 2.05) is 24.3 Å². The molecule has 0 saturated heterocycles. The summed E-state index contributed by atoms with van der Waals surface area (Å²) in [5, 5.41) is 2.72. The van der Waals surface area contributed by atoms with Gasteiger partial charge in [0.2, 0.25) is 15.9 Å². The minimum atomic E-state index is -3.60. The van der Waals surface area contributed by atoms with E-state index in [0.717, 1.165) is 21.9 Å². The van der Waals surface area contributed by atoms with Crippen LogP contribution in [0.15, 0.2) is 48.5 Å². The Morgan fingerprint density at radius 1 is 1.15 bits per heavy atom. The fourth-order valence-electron chi connectivity index (χ4n) is 2.55. The van der Waals surface area contributed by atoms with E-state index in [4.69, 9.17) is 4.74 Å². The van der Waals surface area contributed by atoms with Gasteiger partial charge >= 0.3 is 0 Å². The highest BCUT2D eigenvalue weighted by molar-refractivity contribution is 7.88. The van der Waals surface area contributed by atoms with Crippen LogP contribution < -0.4 is 10.1 Å². The van der Waals surface area contributed by atoms with E-state index in [0.29, 0.717) is 18.5 Å². The quantitative estimate of drug-likeness (QED) is 0.705. The van der Waals surface area contributed by atoms with Crippen LogP contribution in [-0.4, -0.2) is 45.1 Å². The molecule has 0 atom stereocenters. The van der Waals surface area contributed by atoms with Gasteiger partial charge in [-0.25, -0.2) is 12.8 Å². The number of hydrogen-bond donors (Lipinski definition) is 1. The smallest absolute Gasteiger partial charge is 0.235 e. The van der Waals surface area contributed by atoms with Crippen LogP contribution in [0.4, 0.5) is 4.39 Å². The molecule has 0 aliphatic carbocycles. The molecule has 2 rings (SSSR count). The molecule has 0 fully saturated rings. The van der Waals surface area contributed by atoms with E-state index in [1.54, 1.807) is 7.11 Å². The van der Waals surface area contributed by atoms with E-state index in [-0.39, 0.29) is 13.1 Å². The summed E-state index contributed by atoms with van der Waals surface area (Å²) in [6, 6.07) is 13.0. The molecule has 0 unspecified atom stereocenters. The standard InChI is InChI=1S/C19H23FN2O4S/c1-26-18-6-4-3-5-16(18)11-12-21-19(23)14-22(27(2,24)25)13-15-7-9-17(20)10-8-15/h3-10H,11-14H2,1-2H3,(H,21,23). The van der Waals surface area contributed by atoms with Crippen LogP contribution in [0.5, 0.6) is 5.75 Å². The second-order valence-electron chi connectivity index (χ2n) is 6.07. The molecule has 0 bridgehead atoms. The Labute approximate surface area is 159 Å². The monoisotopic (exact) mass is 394 g/mol. The molecule has 27 heavy (non-hydrogen) atoms. The zero-order valence-electron chi connectivity index (χ0n) is 15.3. The predicted molar refractivity (Wildman–Crippen MR) is 101 cm³/mol. The van der Waals surface area contributed by atoms with Gasteiger partial charge in [0.15, 0.2) is 0 Å². The number of amides is 1. The first-order valence-electron chi connectivity index (χ1n) is 8.38. The number of carbonyl (C=O) groups is 1. The van der Waals surface area contributed by atoms with Crippen LogP contribution >= 0.6 is 0 Å². The van der Waals surface area contributed by atoms with Crippen molar-refractivity contribution in [3.05, 3.63) is 65.5 Å². The number of methoxy groups -OCH3 is 1. The Morgan fingerprint density at radius 2 is 1.81 bits per heavy atom. The topological polar surface area (TPSA) is 75.7 Å². The summed E-state index contributed by atoms with van der Waals surface area (Å²) in [6.45, 7) is 0.0501. The number of benzene rings is 2. The highest BCUT2D eigenvalue weighted by atomic mass is 32.2. The molecule has 0 heterocycles. The summed E-state index contributed by atoms with van der Waals surface area (Å²) in [6.07, 6.45) is 1.60. The number of sulfonamides is 1. The van der Waals surface area contributed by atoms with Crippen molar-refractivity contribution in [1.82, 2.24) is 9.62 Å². The van der Waals surface area contributed by atoms with Gasteiger partial charge in [-0.15, -0.1) is 0 Å². The number of ether oxygens (including phenoxy) is 1. The lowest BCUT2D eigenvalue weighted by Crippen LogP contribution is -2.40. The number of nitrogens with zero attached hydrogens (tertiary/aromatic N) is 1. The number of nitrogens with one attached hydrogen (secondary N) is 1. The Bertz CT molecular complexity index is 870. The Kier molecular flexibility index (Phi) is 7.32. The summed E-state index contributed by atoms with van der Waals surface area (Å²) in [4.78, 5) is 12.2. The lowest BCUT2D eigenvalue weighted by molar-refractivity contribution is -0.121. The lowest BCUT2D eigenvalue weighted by atomic mass is 10.1. The van der Waals surface area contributed by atoms with Crippen molar-refractivity contribution in [2.45, 2.75) is 13.0 Å². The van der Waals surface area contributed by atoms with Gasteiger partial charge < -0.3 is 10.1 Å². The fourth-order valence-corrected chi connectivity index (χ4v) is 3.28. The third-order valence-corrected chi connectivity index (χ3v) is 5.17. The minimum absolute atomic E-state index is 0.000951. The summed E-state index contributed by atoms with van der Waals surface area (Å²) in [7, 11) is -2.02. The summed E-state index contributed by atoms with van der Waals surface area (Å²) < 4.78 is 43.3. The van der Waals surface area contributed by atoms with E-state index in [2.05, 4.69) is 5.32 Å². The van der Waals surface area contributed by atoms with Crippen molar-refractivity contribution >= 4 is 15.9 Å². The van der Waals surface area contributed by atoms with Gasteiger partial charge in [0.05, 0.1) is 19.9 Å². The van der Waals surface area contributed by atoms with Crippen molar-refractivity contribution in [3.63, 3.8) is 0 Å². The molecule has 6 nitrogen and oxygen atoms in total. The zero-order valence-corrected chi connectivity index (χ0v) is 16.1. The van der Waals surface area contributed by atoms with E-state index in [1.165, 1.54) is 24.3 Å². The van der Waals surface area contributed by atoms with Crippen LogP contribution in [0.3, 0.4) is 0 Å². The SMILES string of the molecule is COc1ccccc1CCNC(=O)CN(Cc1ccc(F)cc1)S(C)(=O)=O. The van der Waals surface area contributed by atoms with Crippen molar-refractivity contribution in [2.24, 2.45) is 0 Å². The third kappa shape index (κ3) is 6.65. The molecule has 0 aliphatic rings. The second kappa shape index (κ2) is 9.48. The number of para-hydroxylation sites is 1. The average molecular weight is 394 g/mol. The molecule has 0 aromatic heterocycles. The van der Waals surface area contributed by atoms with Gasteiger partial charge in [-0.05, 0) is 35.7 Å². The molecule has 1 N–H and O–H groups in total. The van der Waals surface area contributed by atoms with E-state index in [9.17, 15) is 17.6 Å². The zero-order chi connectivity index (χ0) is 19.9. The first kappa shape index (κ1) is 20.9. The Hall–Kier alpha value is -2.45. The normalized spacial score (nSPS) is 11.4. The maximum atomic E-state index is 13.0. The Balaban J connectivity index is 1.92. The molecule has 1 amide bonds.